The van der Waals surface area contributed by atoms with E-state index >= 15 is 0 Å². The van der Waals surface area contributed by atoms with Gasteiger partial charge in [-0.05, 0) is 23.7 Å². The number of nitrogens with two attached hydrogens (primary N) is 1. The van der Waals surface area contributed by atoms with E-state index in [0.29, 0.717) is 6.42 Å². The van der Waals surface area contributed by atoms with Crippen LogP contribution < -0.4 is 11.1 Å². The van der Waals surface area contributed by atoms with E-state index in [-0.39, 0.29) is 41.7 Å². The maximum atomic E-state index is 12.0. The largest absolute Gasteiger partial charge is 0.481 e. The zero-order valence-corrected chi connectivity index (χ0v) is 14.3. The first-order valence-electron chi connectivity index (χ1n) is 7.55. The van der Waals surface area contributed by atoms with E-state index in [4.69, 9.17) is 10.8 Å². The lowest BCUT2D eigenvalue weighted by molar-refractivity contribution is -0.137. The van der Waals surface area contributed by atoms with Crippen molar-refractivity contribution in [3.63, 3.8) is 0 Å². The fraction of sp³-hybridized carbons (Fsp3) is 0.875. The third-order valence-corrected chi connectivity index (χ3v) is 2.97. The number of amides is 1. The fourth-order valence-corrected chi connectivity index (χ4v) is 2.51. The lowest BCUT2D eigenvalue weighted by Gasteiger charge is -2.27. The van der Waals surface area contributed by atoms with Gasteiger partial charge in [0.1, 0.15) is 0 Å². The molecular formula is C16H32N2O3. The summed E-state index contributed by atoms with van der Waals surface area (Å²) in [6.45, 7) is 12.3. The average molecular weight is 300 g/mol. The van der Waals surface area contributed by atoms with Gasteiger partial charge in [0.25, 0.3) is 0 Å². The van der Waals surface area contributed by atoms with E-state index in [9.17, 15) is 9.59 Å². The molecule has 0 aliphatic rings. The zero-order valence-electron chi connectivity index (χ0n) is 14.3. The molecule has 0 saturated carbocycles. The first-order valence-corrected chi connectivity index (χ1v) is 7.55. The maximum Gasteiger partial charge on any atom is 0.305 e. The van der Waals surface area contributed by atoms with Crippen molar-refractivity contribution in [2.24, 2.45) is 16.6 Å². The molecule has 0 radical (unpaired) electrons. The lowest BCUT2D eigenvalue weighted by atomic mass is 9.86. The van der Waals surface area contributed by atoms with Crippen LogP contribution in [-0.2, 0) is 9.59 Å². The molecule has 5 nitrogen and oxygen atoms in total. The highest BCUT2D eigenvalue weighted by Crippen LogP contribution is 2.23. The Labute approximate surface area is 128 Å². The number of aliphatic carboxylic acids is 1. The summed E-state index contributed by atoms with van der Waals surface area (Å²) in [5.74, 6) is -1.06. The van der Waals surface area contributed by atoms with Crippen molar-refractivity contribution in [1.82, 2.24) is 5.32 Å². The molecule has 2 unspecified atom stereocenters. The van der Waals surface area contributed by atoms with Crippen molar-refractivity contribution in [2.75, 3.05) is 0 Å². The molecule has 0 aromatic rings. The van der Waals surface area contributed by atoms with Gasteiger partial charge < -0.3 is 16.2 Å². The van der Waals surface area contributed by atoms with Crippen LogP contribution in [0.1, 0.15) is 67.2 Å². The Morgan fingerprint density at radius 2 is 1.48 bits per heavy atom. The van der Waals surface area contributed by atoms with Gasteiger partial charge in [0.05, 0.1) is 6.42 Å². The van der Waals surface area contributed by atoms with Crippen molar-refractivity contribution in [2.45, 2.75) is 79.3 Å². The molecule has 0 spiro atoms. The van der Waals surface area contributed by atoms with E-state index in [1.165, 1.54) is 0 Å². The smallest absolute Gasteiger partial charge is 0.305 e. The number of hydrogen-bond acceptors (Lipinski definition) is 3. The summed E-state index contributed by atoms with van der Waals surface area (Å²) in [6, 6.07) is -0.554. The van der Waals surface area contributed by atoms with Crippen molar-refractivity contribution >= 4 is 11.9 Å². The molecule has 5 heteroatoms. The molecule has 124 valence electrons. The Morgan fingerprint density at radius 1 is 1.00 bits per heavy atom. The van der Waals surface area contributed by atoms with Gasteiger partial charge in [-0.15, -0.1) is 0 Å². The predicted octanol–water partition coefficient (Wildman–Crippen LogP) is 2.54. The van der Waals surface area contributed by atoms with Crippen LogP contribution in [0.5, 0.6) is 0 Å². The van der Waals surface area contributed by atoms with Gasteiger partial charge in [-0.1, -0.05) is 41.5 Å². The molecular weight excluding hydrogens is 268 g/mol. The quantitative estimate of drug-likeness (QED) is 0.673. The zero-order chi connectivity index (χ0) is 16.8. The second kappa shape index (κ2) is 7.78. The highest BCUT2D eigenvalue weighted by Gasteiger charge is 2.24. The third kappa shape index (κ3) is 12.4. The van der Waals surface area contributed by atoms with Gasteiger partial charge >= 0.3 is 5.97 Å². The molecule has 21 heavy (non-hydrogen) atoms. The van der Waals surface area contributed by atoms with Gasteiger partial charge in [0, 0.05) is 18.5 Å². The molecule has 1 amide bonds. The van der Waals surface area contributed by atoms with Crippen LogP contribution in [0.3, 0.4) is 0 Å². The SMILES string of the molecule is CC(C)(C)CC(N)CC(=O)NC(CC(=O)O)CC(C)(C)C. The highest BCUT2D eigenvalue weighted by atomic mass is 16.4. The number of carbonyl (C=O) groups is 2. The van der Waals surface area contributed by atoms with Crippen molar-refractivity contribution in [1.29, 1.82) is 0 Å². The maximum absolute atomic E-state index is 12.0. The second-order valence-corrected chi connectivity index (χ2v) is 8.36. The van der Waals surface area contributed by atoms with Gasteiger partial charge in [-0.3, -0.25) is 9.59 Å². The van der Waals surface area contributed by atoms with E-state index in [1.807, 2.05) is 20.8 Å². The molecule has 0 saturated heterocycles. The third-order valence-electron chi connectivity index (χ3n) is 2.97. The van der Waals surface area contributed by atoms with Crippen molar-refractivity contribution in [3.05, 3.63) is 0 Å². The first-order chi connectivity index (χ1) is 9.28. The first kappa shape index (κ1) is 19.9. The highest BCUT2D eigenvalue weighted by molar-refractivity contribution is 5.78. The Hall–Kier alpha value is -1.10. The van der Waals surface area contributed by atoms with Crippen molar-refractivity contribution in [3.8, 4) is 0 Å². The van der Waals surface area contributed by atoms with E-state index < -0.39 is 5.97 Å². The summed E-state index contributed by atoms with van der Waals surface area (Å²) in [5, 5.41) is 11.8. The summed E-state index contributed by atoms with van der Waals surface area (Å²) < 4.78 is 0. The normalized spacial score (nSPS) is 15.4. The monoisotopic (exact) mass is 300 g/mol. The molecule has 0 bridgehead atoms. The molecule has 0 rings (SSSR count). The summed E-state index contributed by atoms with van der Waals surface area (Å²) in [4.78, 5) is 22.9. The summed E-state index contributed by atoms with van der Waals surface area (Å²) in [5.41, 5.74) is 6.02. The number of carboxylic acid groups (broad SMARTS) is 1. The van der Waals surface area contributed by atoms with E-state index in [1.54, 1.807) is 0 Å². The number of hydrogen-bond donors (Lipinski definition) is 3. The minimum absolute atomic E-state index is 0.0408. The Morgan fingerprint density at radius 3 is 1.86 bits per heavy atom. The van der Waals surface area contributed by atoms with Gasteiger partial charge in [0.2, 0.25) is 5.91 Å². The number of carboxylic acids is 1. The van der Waals surface area contributed by atoms with Crippen LogP contribution in [-0.4, -0.2) is 29.1 Å². The van der Waals surface area contributed by atoms with Crippen LogP contribution in [0.4, 0.5) is 0 Å². The Kier molecular flexibility index (Phi) is 7.37. The summed E-state index contributed by atoms with van der Waals surface area (Å²) >= 11 is 0. The number of carbonyl (C=O) groups excluding carboxylic acids is 1. The van der Waals surface area contributed by atoms with Crippen molar-refractivity contribution < 1.29 is 14.7 Å². The topological polar surface area (TPSA) is 92.4 Å². The van der Waals surface area contributed by atoms with Gasteiger partial charge in [-0.2, -0.15) is 0 Å². The van der Waals surface area contributed by atoms with Crippen LogP contribution >= 0.6 is 0 Å². The van der Waals surface area contributed by atoms with E-state index in [2.05, 4.69) is 26.1 Å². The Balaban J connectivity index is 4.49. The van der Waals surface area contributed by atoms with Crippen LogP contribution in [0.15, 0.2) is 0 Å². The number of nitrogens with one attached hydrogen (secondary N) is 1. The molecule has 0 heterocycles. The molecule has 0 aliphatic heterocycles. The lowest BCUT2D eigenvalue weighted by Crippen LogP contribution is -2.42. The minimum Gasteiger partial charge on any atom is -0.481 e. The van der Waals surface area contributed by atoms with E-state index in [0.717, 1.165) is 6.42 Å². The summed E-state index contributed by atoms with van der Waals surface area (Å²) in [7, 11) is 0. The predicted molar refractivity (Wildman–Crippen MR) is 84.9 cm³/mol. The van der Waals surface area contributed by atoms with Crippen LogP contribution in [0.25, 0.3) is 0 Å². The van der Waals surface area contributed by atoms with Gasteiger partial charge in [0.15, 0.2) is 0 Å². The average Bonchev–Trinajstić information content (AvgIpc) is 2.07. The molecule has 0 aromatic carbocycles. The minimum atomic E-state index is -0.900. The molecule has 4 N–H and O–H groups in total. The standard InChI is InChI=1S/C16H32N2O3/c1-15(2,3)9-11(17)7-13(19)18-12(8-14(20)21)10-16(4,5)6/h11-12H,7-10,17H2,1-6H3,(H,18,19)(H,20,21). The Bertz CT molecular complexity index is 354. The fourth-order valence-electron chi connectivity index (χ4n) is 2.51. The number of rotatable bonds is 7. The summed E-state index contributed by atoms with van der Waals surface area (Å²) in [6.07, 6.45) is 1.55. The molecule has 0 aromatic heterocycles. The van der Waals surface area contributed by atoms with Crippen LogP contribution in [0, 0.1) is 10.8 Å². The molecule has 0 fully saturated rings. The van der Waals surface area contributed by atoms with Crippen LogP contribution in [0.2, 0.25) is 0 Å². The second-order valence-electron chi connectivity index (χ2n) is 8.36. The molecule has 2 atom stereocenters. The van der Waals surface area contributed by atoms with Gasteiger partial charge in [-0.25, -0.2) is 0 Å². The molecule has 0 aliphatic carbocycles.